The van der Waals surface area contributed by atoms with Gasteiger partial charge in [0.2, 0.25) is 0 Å². The van der Waals surface area contributed by atoms with Crippen molar-refractivity contribution in [2.24, 2.45) is 5.92 Å². The monoisotopic (exact) mass is 470 g/mol. The summed E-state index contributed by atoms with van der Waals surface area (Å²) in [5.74, 6) is -4.98. The zero-order valence-electron chi connectivity index (χ0n) is 18.6. The topological polar surface area (TPSA) is 111 Å². The molecule has 4 rings (SSSR count). The molecule has 0 unspecified atom stereocenters. The minimum Gasteiger partial charge on any atom is -1.00 e. The van der Waals surface area contributed by atoms with E-state index < -0.39 is 54.7 Å². The Labute approximate surface area is 204 Å². The molecule has 0 aliphatic carbocycles. The van der Waals surface area contributed by atoms with Crippen LogP contribution in [0.2, 0.25) is 0 Å². The summed E-state index contributed by atoms with van der Waals surface area (Å²) in [6.07, 6.45) is -5.73. The van der Waals surface area contributed by atoms with Gasteiger partial charge in [-0.25, -0.2) is 9.59 Å². The van der Waals surface area contributed by atoms with Crippen LogP contribution in [0.5, 0.6) is 0 Å². The summed E-state index contributed by atoms with van der Waals surface area (Å²) in [6, 6.07) is -2.13. The summed E-state index contributed by atoms with van der Waals surface area (Å²) in [5, 5.41) is 9.62. The molecule has 32 heavy (non-hydrogen) atoms. The maximum Gasteiger partial charge on any atom is 1.00 e. The van der Waals surface area contributed by atoms with Crippen molar-refractivity contribution >= 4 is 23.9 Å². The molecule has 0 bridgehead atoms. The molecule has 4 heterocycles. The number of ether oxygens (including phenoxy) is 1. The van der Waals surface area contributed by atoms with E-state index in [1.165, 1.54) is 4.90 Å². The summed E-state index contributed by atoms with van der Waals surface area (Å²) in [6.45, 7) is 1.51. The van der Waals surface area contributed by atoms with E-state index in [9.17, 15) is 37.5 Å². The fourth-order valence-corrected chi connectivity index (χ4v) is 4.77. The molecule has 0 aromatic carbocycles. The van der Waals surface area contributed by atoms with E-state index >= 15 is 0 Å². The Kier molecular flexibility index (Phi) is 6.85. The van der Waals surface area contributed by atoms with Crippen LogP contribution >= 0.6 is 0 Å². The van der Waals surface area contributed by atoms with Crippen molar-refractivity contribution < 1.29 is 73.2 Å². The first-order valence-corrected chi connectivity index (χ1v) is 9.77. The molecule has 0 spiro atoms. The maximum atomic E-state index is 12.9. The molecule has 4 aliphatic rings. The molecular weight excluding hydrogens is 448 g/mol. The molecule has 10 nitrogen and oxygen atoms in total. The molecule has 3 fully saturated rings. The van der Waals surface area contributed by atoms with Gasteiger partial charge >= 0.3 is 53.7 Å². The van der Waals surface area contributed by atoms with E-state index in [2.05, 4.69) is 0 Å². The molecule has 3 saturated heterocycles. The Morgan fingerprint density at radius 2 is 1.81 bits per heavy atom. The van der Waals surface area contributed by atoms with Gasteiger partial charge in [-0.15, -0.1) is 0 Å². The first kappa shape index (κ1) is 24.8. The summed E-state index contributed by atoms with van der Waals surface area (Å²) in [5.41, 5.74) is -0.237. The number of hydrogen-bond acceptors (Lipinski definition) is 6. The number of likely N-dealkylation sites (tertiary alicyclic amines) is 1. The van der Waals surface area contributed by atoms with Crippen LogP contribution in [0.25, 0.3) is 0 Å². The second-order valence-corrected chi connectivity index (χ2v) is 8.17. The zero-order chi connectivity index (χ0) is 22.7. The predicted molar refractivity (Wildman–Crippen MR) is 96.5 cm³/mol. The second kappa shape index (κ2) is 8.84. The van der Waals surface area contributed by atoms with E-state index in [0.29, 0.717) is 31.1 Å². The predicted octanol–water partition coefficient (Wildman–Crippen LogP) is -3.17. The second-order valence-electron chi connectivity index (χ2n) is 8.17. The fourth-order valence-electron chi connectivity index (χ4n) is 4.77. The zero-order valence-corrected chi connectivity index (χ0v) is 19.6. The van der Waals surface area contributed by atoms with Crippen LogP contribution < -0.4 is 29.6 Å². The number of carbonyl (C=O) groups is 4. The number of aliphatic carboxylic acids is 1. The number of likely N-dealkylation sites (N-methyl/N-ethyl adjacent to an activating group) is 1. The van der Waals surface area contributed by atoms with Crippen molar-refractivity contribution in [2.45, 2.75) is 24.7 Å². The number of nitrogens with zero attached hydrogens (tertiary/aromatic N) is 4. The van der Waals surface area contributed by atoms with Gasteiger partial charge in [-0.05, 0) is 19.0 Å². The minimum atomic E-state index is -5.13. The number of rotatable bonds is 3. The van der Waals surface area contributed by atoms with Gasteiger partial charge < -0.3 is 26.0 Å². The summed E-state index contributed by atoms with van der Waals surface area (Å²) in [4.78, 5) is 53.3. The van der Waals surface area contributed by atoms with Gasteiger partial charge in [0.05, 0.1) is 6.04 Å². The molecular formula is C18H22F3N4NaO6. The normalized spacial score (nSPS) is 27.6. The van der Waals surface area contributed by atoms with Crippen molar-refractivity contribution in [1.29, 1.82) is 0 Å². The van der Waals surface area contributed by atoms with Crippen molar-refractivity contribution in [3.8, 4) is 0 Å². The first-order valence-electron chi connectivity index (χ1n) is 9.77. The van der Waals surface area contributed by atoms with Crippen molar-refractivity contribution in [1.82, 2.24) is 19.6 Å². The average molecular weight is 470 g/mol. The van der Waals surface area contributed by atoms with Gasteiger partial charge in [0.1, 0.15) is 18.3 Å². The standard InChI is InChI=1S/C18H21F3N4O6.Na.H/c1-22-2-4-23(5-3-22)17(30)31-8-10-6-9-7-24(16(29)18(19,20)21)13-11(9)25(14(13)26)12(10)15(27)28;;/h9,11,13H,2-8H2,1H3,(H,27,28);;/q;+1;-1/t9-,11-,13+;;/m1../s1. The number of alkyl halides is 3. The Hall–Kier alpha value is -1.83. The number of carboxylic acid groups (broad SMARTS) is 1. The largest absolute Gasteiger partial charge is 1.00 e. The van der Waals surface area contributed by atoms with Gasteiger partial charge in [0.25, 0.3) is 5.91 Å². The molecule has 172 valence electrons. The van der Waals surface area contributed by atoms with Gasteiger partial charge in [-0.3, -0.25) is 14.5 Å². The van der Waals surface area contributed by atoms with E-state index in [-0.39, 0.29) is 55.2 Å². The molecule has 0 saturated carbocycles. The summed E-state index contributed by atoms with van der Waals surface area (Å²) < 4.78 is 44.0. The summed E-state index contributed by atoms with van der Waals surface area (Å²) >= 11 is 0. The van der Waals surface area contributed by atoms with Crippen molar-refractivity contribution in [2.75, 3.05) is 46.4 Å². The molecule has 0 radical (unpaired) electrons. The van der Waals surface area contributed by atoms with Crippen LogP contribution in [-0.4, -0.2) is 113 Å². The quantitative estimate of drug-likeness (QED) is 0.342. The third kappa shape index (κ3) is 4.11. The van der Waals surface area contributed by atoms with Gasteiger partial charge in [-0.2, -0.15) is 13.2 Å². The Balaban J connectivity index is 0.00000193. The maximum absolute atomic E-state index is 12.9. The average Bonchev–Trinajstić information content (AvgIpc) is 3.06. The van der Waals surface area contributed by atoms with E-state index in [4.69, 9.17) is 4.74 Å². The van der Waals surface area contributed by atoms with Gasteiger partial charge in [-0.1, -0.05) is 0 Å². The van der Waals surface area contributed by atoms with Crippen molar-refractivity contribution in [3.63, 3.8) is 0 Å². The van der Waals surface area contributed by atoms with Crippen molar-refractivity contribution in [3.05, 3.63) is 11.3 Å². The van der Waals surface area contributed by atoms with E-state index in [1.807, 2.05) is 11.9 Å². The molecule has 0 aromatic rings. The van der Waals surface area contributed by atoms with Crippen LogP contribution in [0, 0.1) is 5.92 Å². The van der Waals surface area contributed by atoms with Crippen LogP contribution in [-0.2, 0) is 19.1 Å². The number of piperazine rings is 1. The third-order valence-corrected chi connectivity index (χ3v) is 6.28. The van der Waals surface area contributed by atoms with Crippen LogP contribution in [0.3, 0.4) is 0 Å². The Bertz CT molecular complexity index is 880. The van der Waals surface area contributed by atoms with Crippen LogP contribution in [0.1, 0.15) is 7.85 Å². The molecule has 3 atom stereocenters. The number of carbonyl (C=O) groups excluding carboxylic acids is 3. The Morgan fingerprint density at radius 1 is 1.19 bits per heavy atom. The smallest absolute Gasteiger partial charge is 1.00 e. The van der Waals surface area contributed by atoms with Gasteiger partial charge in [0.15, 0.2) is 0 Å². The Morgan fingerprint density at radius 3 is 2.38 bits per heavy atom. The molecule has 1 N–H and O–H groups in total. The number of hydrogen-bond donors (Lipinski definition) is 1. The number of halogens is 3. The van der Waals surface area contributed by atoms with Crippen LogP contribution in [0.4, 0.5) is 18.0 Å². The molecule has 3 amide bonds. The first-order chi connectivity index (χ1) is 14.5. The van der Waals surface area contributed by atoms with Gasteiger partial charge in [0, 0.05) is 38.6 Å². The number of β-lactam (4-membered cyclic amide) rings is 1. The minimum absolute atomic E-state index is 0. The molecule has 0 aromatic heterocycles. The SMILES string of the molecule is CN1CCN(C(=O)OCC2=C(C(=O)O)N3C(=O)[C@@H]4[C@H]3[C@H](C2)CN4C(=O)C(F)(F)F)CC1.[H-].[Na+]. The fraction of sp³-hybridized carbons (Fsp3) is 0.667. The third-order valence-electron chi connectivity index (χ3n) is 6.28. The number of carboxylic acids is 1. The van der Waals surface area contributed by atoms with E-state index in [0.717, 1.165) is 4.90 Å². The van der Waals surface area contributed by atoms with E-state index in [1.54, 1.807) is 0 Å². The van der Waals surface area contributed by atoms with Crippen LogP contribution in [0.15, 0.2) is 11.3 Å². The molecule has 4 aliphatic heterocycles. The number of amides is 3. The summed E-state index contributed by atoms with van der Waals surface area (Å²) in [7, 11) is 1.91. The molecule has 14 heteroatoms.